The van der Waals surface area contributed by atoms with Crippen LogP contribution in [0, 0.1) is 5.92 Å². The maximum Gasteiger partial charge on any atom is 0.0340 e. The van der Waals surface area contributed by atoms with Gasteiger partial charge >= 0.3 is 0 Å². The van der Waals surface area contributed by atoms with Crippen molar-refractivity contribution < 1.29 is 0 Å². The van der Waals surface area contributed by atoms with E-state index in [-0.39, 0.29) is 0 Å². The second-order valence-corrected chi connectivity index (χ2v) is 5.02. The molecule has 88 valence electrons. The number of hydrogen-bond acceptors (Lipinski definition) is 2. The van der Waals surface area contributed by atoms with Crippen LogP contribution in [0.25, 0.3) is 0 Å². The van der Waals surface area contributed by atoms with Crippen LogP contribution in [-0.4, -0.2) is 19.6 Å². The third-order valence-corrected chi connectivity index (χ3v) is 3.33. The molecule has 16 heavy (non-hydrogen) atoms. The first-order chi connectivity index (χ1) is 7.75. The highest BCUT2D eigenvalue weighted by molar-refractivity contribution is 5.45. The van der Waals surface area contributed by atoms with Gasteiger partial charge in [0.05, 0.1) is 0 Å². The molecule has 1 aromatic carbocycles. The van der Waals surface area contributed by atoms with Gasteiger partial charge in [-0.15, -0.1) is 0 Å². The van der Waals surface area contributed by atoms with E-state index in [1.165, 1.54) is 24.2 Å². The van der Waals surface area contributed by atoms with E-state index in [9.17, 15) is 0 Å². The highest BCUT2D eigenvalue weighted by atomic mass is 14.9. The van der Waals surface area contributed by atoms with Crippen molar-refractivity contribution in [1.82, 2.24) is 5.32 Å². The standard InChI is InChI=1S/C14H22N2/c1-11(2)13-3-5-14(6-4-13)16-10-12-7-8-15-9-12/h3-6,11-12,15-16H,7-10H2,1-2H3. The Morgan fingerprint density at radius 1 is 1.31 bits per heavy atom. The quantitative estimate of drug-likeness (QED) is 0.812. The van der Waals surface area contributed by atoms with Gasteiger partial charge in [-0.2, -0.15) is 0 Å². The van der Waals surface area contributed by atoms with Crippen molar-refractivity contribution >= 4 is 5.69 Å². The van der Waals surface area contributed by atoms with Crippen LogP contribution in [0.3, 0.4) is 0 Å². The molecule has 2 heteroatoms. The lowest BCUT2D eigenvalue weighted by Gasteiger charge is -2.12. The Bertz CT molecular complexity index is 310. The van der Waals surface area contributed by atoms with Crippen LogP contribution >= 0.6 is 0 Å². The zero-order valence-electron chi connectivity index (χ0n) is 10.3. The number of benzene rings is 1. The second-order valence-electron chi connectivity index (χ2n) is 5.02. The molecule has 0 amide bonds. The molecule has 0 radical (unpaired) electrons. The van der Waals surface area contributed by atoms with Crippen molar-refractivity contribution in [1.29, 1.82) is 0 Å². The Hall–Kier alpha value is -1.02. The van der Waals surface area contributed by atoms with Gasteiger partial charge in [0.2, 0.25) is 0 Å². The first-order valence-electron chi connectivity index (χ1n) is 6.30. The maximum atomic E-state index is 3.51. The number of nitrogens with one attached hydrogen (secondary N) is 2. The lowest BCUT2D eigenvalue weighted by Crippen LogP contribution is -2.17. The van der Waals surface area contributed by atoms with Gasteiger partial charge in [0.25, 0.3) is 0 Å². The topological polar surface area (TPSA) is 24.1 Å². The summed E-state index contributed by atoms with van der Waals surface area (Å²) in [7, 11) is 0. The fourth-order valence-electron chi connectivity index (χ4n) is 2.14. The fourth-order valence-corrected chi connectivity index (χ4v) is 2.14. The lowest BCUT2D eigenvalue weighted by atomic mass is 10.0. The summed E-state index contributed by atoms with van der Waals surface area (Å²) in [6.07, 6.45) is 1.30. The minimum Gasteiger partial charge on any atom is -0.385 e. The highest BCUT2D eigenvalue weighted by Gasteiger charge is 2.13. The van der Waals surface area contributed by atoms with Crippen LogP contribution in [0.5, 0.6) is 0 Å². The number of anilines is 1. The average Bonchev–Trinajstić information content (AvgIpc) is 2.80. The molecule has 1 aliphatic heterocycles. The molecule has 1 atom stereocenters. The molecule has 0 spiro atoms. The molecular formula is C14H22N2. The van der Waals surface area contributed by atoms with Gasteiger partial charge in [-0.25, -0.2) is 0 Å². The molecule has 0 saturated carbocycles. The summed E-state index contributed by atoms with van der Waals surface area (Å²) in [6, 6.07) is 8.83. The van der Waals surface area contributed by atoms with Gasteiger partial charge in [-0.3, -0.25) is 0 Å². The molecule has 0 aliphatic carbocycles. The summed E-state index contributed by atoms with van der Waals surface area (Å²) >= 11 is 0. The van der Waals surface area contributed by atoms with E-state index in [1.807, 2.05) is 0 Å². The summed E-state index contributed by atoms with van der Waals surface area (Å²) < 4.78 is 0. The predicted molar refractivity (Wildman–Crippen MR) is 70.0 cm³/mol. The highest BCUT2D eigenvalue weighted by Crippen LogP contribution is 2.17. The summed E-state index contributed by atoms with van der Waals surface area (Å²) in [6.45, 7) is 7.89. The SMILES string of the molecule is CC(C)c1ccc(NCC2CCNC2)cc1. The molecule has 2 N–H and O–H groups in total. The average molecular weight is 218 g/mol. The Morgan fingerprint density at radius 2 is 2.06 bits per heavy atom. The van der Waals surface area contributed by atoms with Crippen LogP contribution in [-0.2, 0) is 0 Å². The van der Waals surface area contributed by atoms with E-state index in [0.29, 0.717) is 5.92 Å². The number of rotatable bonds is 4. The van der Waals surface area contributed by atoms with Gasteiger partial charge in [0.15, 0.2) is 0 Å². The van der Waals surface area contributed by atoms with E-state index in [2.05, 4.69) is 48.7 Å². The zero-order valence-corrected chi connectivity index (χ0v) is 10.3. The largest absolute Gasteiger partial charge is 0.385 e. The third-order valence-electron chi connectivity index (χ3n) is 3.33. The minimum atomic E-state index is 0.619. The van der Waals surface area contributed by atoms with Gasteiger partial charge in [-0.1, -0.05) is 26.0 Å². The van der Waals surface area contributed by atoms with Crippen LogP contribution in [0.15, 0.2) is 24.3 Å². The molecule has 0 aromatic heterocycles. The van der Waals surface area contributed by atoms with E-state index in [1.54, 1.807) is 0 Å². The Balaban J connectivity index is 1.84. The number of hydrogen-bond donors (Lipinski definition) is 2. The van der Waals surface area contributed by atoms with E-state index in [4.69, 9.17) is 0 Å². The monoisotopic (exact) mass is 218 g/mol. The molecule has 1 saturated heterocycles. The van der Waals surface area contributed by atoms with Crippen molar-refractivity contribution in [3.63, 3.8) is 0 Å². The zero-order chi connectivity index (χ0) is 11.4. The fraction of sp³-hybridized carbons (Fsp3) is 0.571. The van der Waals surface area contributed by atoms with Crippen LogP contribution in [0.4, 0.5) is 5.69 Å². The van der Waals surface area contributed by atoms with Crippen LogP contribution in [0.1, 0.15) is 31.7 Å². The normalized spacial score (nSPS) is 20.3. The van der Waals surface area contributed by atoms with Gasteiger partial charge in [-0.05, 0) is 49.0 Å². The Labute approximate surface area is 98.4 Å². The van der Waals surface area contributed by atoms with Crippen LogP contribution in [0.2, 0.25) is 0 Å². The van der Waals surface area contributed by atoms with Gasteiger partial charge in [0.1, 0.15) is 0 Å². The molecule has 1 heterocycles. The molecule has 1 fully saturated rings. The van der Waals surface area contributed by atoms with E-state index >= 15 is 0 Å². The molecule has 1 unspecified atom stereocenters. The minimum absolute atomic E-state index is 0.619. The summed E-state index contributed by atoms with van der Waals surface area (Å²) in [5, 5.41) is 6.91. The molecular weight excluding hydrogens is 196 g/mol. The van der Waals surface area contributed by atoms with Crippen molar-refractivity contribution in [2.24, 2.45) is 5.92 Å². The van der Waals surface area contributed by atoms with Gasteiger partial charge < -0.3 is 10.6 Å². The smallest absolute Gasteiger partial charge is 0.0340 e. The van der Waals surface area contributed by atoms with Gasteiger partial charge in [0, 0.05) is 12.2 Å². The summed E-state index contributed by atoms with van der Waals surface area (Å²) in [4.78, 5) is 0. The molecule has 1 aromatic rings. The van der Waals surface area contributed by atoms with Crippen molar-refractivity contribution in [2.75, 3.05) is 25.0 Å². The van der Waals surface area contributed by atoms with E-state index in [0.717, 1.165) is 19.0 Å². The van der Waals surface area contributed by atoms with Crippen molar-refractivity contribution in [3.05, 3.63) is 29.8 Å². The third kappa shape index (κ3) is 2.99. The van der Waals surface area contributed by atoms with Crippen molar-refractivity contribution in [3.8, 4) is 0 Å². The lowest BCUT2D eigenvalue weighted by molar-refractivity contribution is 0.615. The first-order valence-corrected chi connectivity index (χ1v) is 6.30. The predicted octanol–water partition coefficient (Wildman–Crippen LogP) is 2.83. The van der Waals surface area contributed by atoms with Crippen LogP contribution < -0.4 is 10.6 Å². The maximum absolute atomic E-state index is 3.51. The first kappa shape index (κ1) is 11.5. The molecule has 2 nitrogen and oxygen atoms in total. The molecule has 2 rings (SSSR count). The second kappa shape index (κ2) is 5.35. The molecule has 1 aliphatic rings. The van der Waals surface area contributed by atoms with Crippen molar-refractivity contribution in [2.45, 2.75) is 26.2 Å². The summed E-state index contributed by atoms with van der Waals surface area (Å²) in [5.74, 6) is 1.41. The Morgan fingerprint density at radius 3 is 2.62 bits per heavy atom. The summed E-state index contributed by atoms with van der Waals surface area (Å²) in [5.41, 5.74) is 2.66. The Kier molecular flexibility index (Phi) is 3.83. The molecule has 0 bridgehead atoms. The van der Waals surface area contributed by atoms with E-state index < -0.39 is 0 Å².